The van der Waals surface area contributed by atoms with E-state index in [0.717, 1.165) is 13.0 Å². The summed E-state index contributed by atoms with van der Waals surface area (Å²) in [6.07, 6.45) is -3.22. The van der Waals surface area contributed by atoms with E-state index < -0.39 is 12.7 Å². The predicted octanol–water partition coefficient (Wildman–Crippen LogP) is 0.462. The highest BCUT2D eigenvalue weighted by Gasteiger charge is 2.30. The van der Waals surface area contributed by atoms with Gasteiger partial charge in [-0.2, -0.15) is 13.2 Å². The van der Waals surface area contributed by atoms with Gasteiger partial charge in [-0.3, -0.25) is 9.89 Å². The fourth-order valence-corrected chi connectivity index (χ4v) is 1.64. The second-order valence-electron chi connectivity index (χ2n) is 4.04. The van der Waals surface area contributed by atoms with Crippen molar-refractivity contribution in [3.63, 3.8) is 0 Å². The molecule has 1 rings (SSSR count). The summed E-state index contributed by atoms with van der Waals surface area (Å²) in [4.78, 5) is 5.54. The third-order valence-corrected chi connectivity index (χ3v) is 2.42. The molecule has 2 N–H and O–H groups in total. The zero-order chi connectivity index (χ0) is 12.7. The second-order valence-corrected chi connectivity index (χ2v) is 4.04. The number of halogens is 3. The lowest BCUT2D eigenvalue weighted by Crippen LogP contribution is -2.45. The first-order chi connectivity index (χ1) is 8.01. The third kappa shape index (κ3) is 6.48. The molecule has 0 fully saturated rings. The summed E-state index contributed by atoms with van der Waals surface area (Å²) in [7, 11) is 1.72. The smallest absolute Gasteiger partial charge is 0.373 e. The number of amidine groups is 1. The fourth-order valence-electron chi connectivity index (χ4n) is 1.64. The Hall–Kier alpha value is -0.820. The van der Waals surface area contributed by atoms with Gasteiger partial charge in [0, 0.05) is 26.2 Å². The molecule has 1 aliphatic rings. The van der Waals surface area contributed by atoms with Gasteiger partial charge in [0.2, 0.25) is 0 Å². The van der Waals surface area contributed by atoms with Crippen molar-refractivity contribution in [2.24, 2.45) is 4.99 Å². The van der Waals surface area contributed by atoms with Crippen LogP contribution in [0.15, 0.2) is 4.99 Å². The molecule has 100 valence electrons. The molecule has 0 spiro atoms. The van der Waals surface area contributed by atoms with E-state index >= 15 is 0 Å². The molecule has 0 aliphatic carbocycles. The minimum atomic E-state index is -4.16. The van der Waals surface area contributed by atoms with Crippen molar-refractivity contribution in [3.8, 4) is 0 Å². The molecule has 17 heavy (non-hydrogen) atoms. The minimum absolute atomic E-state index is 0.237. The van der Waals surface area contributed by atoms with E-state index in [0.29, 0.717) is 25.5 Å². The molecule has 0 amide bonds. The number of nitrogens with one attached hydrogen (secondary N) is 2. The Labute approximate surface area is 99.3 Å². The topological polar surface area (TPSA) is 39.7 Å². The van der Waals surface area contributed by atoms with E-state index in [-0.39, 0.29) is 6.54 Å². The van der Waals surface area contributed by atoms with Crippen LogP contribution >= 0.6 is 0 Å². The van der Waals surface area contributed by atoms with Gasteiger partial charge in [-0.1, -0.05) is 0 Å². The Morgan fingerprint density at radius 3 is 2.76 bits per heavy atom. The average Bonchev–Trinajstić information content (AvgIpc) is 2.25. The van der Waals surface area contributed by atoms with Gasteiger partial charge < -0.3 is 10.6 Å². The van der Waals surface area contributed by atoms with Crippen LogP contribution in [0.1, 0.15) is 6.42 Å². The summed E-state index contributed by atoms with van der Waals surface area (Å²) in [5.74, 6) is 0.664. The van der Waals surface area contributed by atoms with Crippen molar-refractivity contribution >= 4 is 5.84 Å². The van der Waals surface area contributed by atoms with Gasteiger partial charge in [0.1, 0.15) is 5.84 Å². The minimum Gasteiger partial charge on any atom is -0.373 e. The fraction of sp³-hybridized carbons (Fsp3) is 0.900. The average molecular weight is 252 g/mol. The summed E-state index contributed by atoms with van der Waals surface area (Å²) in [5.41, 5.74) is 0. The Balaban J connectivity index is 2.46. The third-order valence-electron chi connectivity index (χ3n) is 2.42. The second kappa shape index (κ2) is 6.80. The van der Waals surface area contributed by atoms with Crippen LogP contribution in [0.2, 0.25) is 0 Å². The molecular formula is C10H19F3N4. The van der Waals surface area contributed by atoms with E-state index in [9.17, 15) is 13.2 Å². The SMILES string of the molecule is CNCCN(CC1=NCCCN1)CC(F)(F)F. The number of rotatable bonds is 6. The first-order valence-corrected chi connectivity index (χ1v) is 5.72. The standard InChI is InChI=1S/C10H19F3N4/c1-14-5-6-17(8-10(11,12)13)7-9-15-3-2-4-16-9/h14H,2-8H2,1H3,(H,15,16). The van der Waals surface area contributed by atoms with E-state index in [1.54, 1.807) is 7.05 Å². The molecule has 1 heterocycles. The number of hydrogen-bond donors (Lipinski definition) is 2. The lowest BCUT2D eigenvalue weighted by atomic mass is 10.3. The number of nitrogens with zero attached hydrogens (tertiary/aromatic N) is 2. The van der Waals surface area contributed by atoms with Crippen LogP contribution in [0.3, 0.4) is 0 Å². The van der Waals surface area contributed by atoms with Crippen LogP contribution in [0.4, 0.5) is 13.2 Å². The normalized spacial score (nSPS) is 16.9. The van der Waals surface area contributed by atoms with Crippen molar-refractivity contribution in [1.29, 1.82) is 0 Å². The molecule has 0 radical (unpaired) electrons. The van der Waals surface area contributed by atoms with E-state index in [4.69, 9.17) is 0 Å². The molecule has 0 aromatic rings. The van der Waals surface area contributed by atoms with Gasteiger partial charge in [0.15, 0.2) is 0 Å². The molecular weight excluding hydrogens is 233 g/mol. The van der Waals surface area contributed by atoms with Crippen molar-refractivity contribution in [1.82, 2.24) is 15.5 Å². The highest BCUT2D eigenvalue weighted by atomic mass is 19.4. The highest BCUT2D eigenvalue weighted by Crippen LogP contribution is 2.16. The molecule has 0 unspecified atom stereocenters. The summed E-state index contributed by atoms with van der Waals surface area (Å²) in [5, 5.41) is 5.88. The lowest BCUT2D eigenvalue weighted by molar-refractivity contribution is -0.144. The number of alkyl halides is 3. The van der Waals surface area contributed by atoms with Gasteiger partial charge in [0.05, 0.1) is 13.1 Å². The van der Waals surface area contributed by atoms with Gasteiger partial charge in [-0.25, -0.2) is 0 Å². The molecule has 0 saturated carbocycles. The molecule has 0 aromatic heterocycles. The molecule has 7 heteroatoms. The summed E-state index contributed by atoms with van der Waals surface area (Å²) >= 11 is 0. The van der Waals surface area contributed by atoms with Crippen molar-refractivity contribution < 1.29 is 13.2 Å². The first-order valence-electron chi connectivity index (χ1n) is 5.72. The molecule has 0 bridgehead atoms. The zero-order valence-electron chi connectivity index (χ0n) is 9.98. The maximum absolute atomic E-state index is 12.4. The number of hydrogen-bond acceptors (Lipinski definition) is 4. The summed E-state index contributed by atoms with van der Waals surface area (Å²) in [6.45, 7) is 1.73. The predicted molar refractivity (Wildman–Crippen MR) is 61.3 cm³/mol. The zero-order valence-corrected chi connectivity index (χ0v) is 9.98. The van der Waals surface area contributed by atoms with Gasteiger partial charge >= 0.3 is 6.18 Å². The van der Waals surface area contributed by atoms with Crippen molar-refractivity contribution in [2.45, 2.75) is 12.6 Å². The first kappa shape index (κ1) is 14.2. The molecule has 0 aromatic carbocycles. The number of likely N-dealkylation sites (N-methyl/N-ethyl adjacent to an activating group) is 1. The van der Waals surface area contributed by atoms with Crippen LogP contribution in [0, 0.1) is 0 Å². The summed E-state index contributed by atoms with van der Waals surface area (Å²) in [6, 6.07) is 0. The molecule has 4 nitrogen and oxygen atoms in total. The quantitative estimate of drug-likeness (QED) is 0.721. The Kier molecular flexibility index (Phi) is 5.70. The van der Waals surface area contributed by atoms with Crippen molar-refractivity contribution in [2.75, 3.05) is 46.3 Å². The molecule has 1 aliphatic heterocycles. The summed E-state index contributed by atoms with van der Waals surface area (Å²) < 4.78 is 37.1. The van der Waals surface area contributed by atoms with Crippen LogP contribution in [-0.2, 0) is 0 Å². The van der Waals surface area contributed by atoms with Gasteiger partial charge in [0.25, 0.3) is 0 Å². The molecule has 0 atom stereocenters. The Morgan fingerprint density at radius 2 is 2.24 bits per heavy atom. The Morgan fingerprint density at radius 1 is 1.47 bits per heavy atom. The van der Waals surface area contributed by atoms with Gasteiger partial charge in [-0.05, 0) is 13.5 Å². The van der Waals surface area contributed by atoms with Crippen LogP contribution in [0.5, 0.6) is 0 Å². The van der Waals surface area contributed by atoms with E-state index in [2.05, 4.69) is 15.6 Å². The number of aliphatic imine (C=N–C) groups is 1. The largest absolute Gasteiger partial charge is 0.401 e. The van der Waals surface area contributed by atoms with Crippen LogP contribution in [0.25, 0.3) is 0 Å². The van der Waals surface area contributed by atoms with Crippen molar-refractivity contribution in [3.05, 3.63) is 0 Å². The van der Waals surface area contributed by atoms with Crippen LogP contribution < -0.4 is 10.6 Å². The Bertz CT molecular complexity index is 252. The van der Waals surface area contributed by atoms with Crippen LogP contribution in [-0.4, -0.2) is 63.2 Å². The maximum atomic E-state index is 12.4. The molecule has 0 saturated heterocycles. The van der Waals surface area contributed by atoms with E-state index in [1.165, 1.54) is 4.90 Å². The maximum Gasteiger partial charge on any atom is 0.401 e. The van der Waals surface area contributed by atoms with Gasteiger partial charge in [-0.15, -0.1) is 0 Å². The highest BCUT2D eigenvalue weighted by molar-refractivity contribution is 5.84. The van der Waals surface area contributed by atoms with E-state index in [1.807, 2.05) is 0 Å². The monoisotopic (exact) mass is 252 g/mol. The lowest BCUT2D eigenvalue weighted by Gasteiger charge is -2.25.